The smallest absolute Gasteiger partial charge is 0.268 e. The van der Waals surface area contributed by atoms with Gasteiger partial charge in [-0.15, -0.1) is 0 Å². The molecule has 1 N–H and O–H groups in total. The Bertz CT molecular complexity index is 960. The molecule has 0 saturated carbocycles. The van der Waals surface area contributed by atoms with E-state index in [-0.39, 0.29) is 5.91 Å². The zero-order valence-corrected chi connectivity index (χ0v) is 14.9. The first-order valence-corrected chi connectivity index (χ1v) is 8.76. The van der Waals surface area contributed by atoms with Gasteiger partial charge in [-0.25, -0.2) is 0 Å². The van der Waals surface area contributed by atoms with Crippen LogP contribution in [-0.2, 0) is 16.9 Å². The first-order chi connectivity index (χ1) is 12.5. The number of hydrogen-bond acceptors (Lipinski definition) is 2. The van der Waals surface area contributed by atoms with Crippen molar-refractivity contribution in [1.82, 2.24) is 0 Å². The summed E-state index contributed by atoms with van der Waals surface area (Å²) in [6.45, 7) is 4.46. The van der Waals surface area contributed by atoms with Gasteiger partial charge in [-0.05, 0) is 31.0 Å². The van der Waals surface area contributed by atoms with Crippen molar-refractivity contribution >= 4 is 11.6 Å². The third-order valence-corrected chi connectivity index (χ3v) is 5.07. The number of aliphatic hydroxyl groups is 1. The normalized spacial score (nSPS) is 18.9. The first-order valence-electron chi connectivity index (χ1n) is 8.76. The van der Waals surface area contributed by atoms with Crippen LogP contribution in [0.2, 0.25) is 0 Å². The summed E-state index contributed by atoms with van der Waals surface area (Å²) in [5, 5.41) is 11.5. The van der Waals surface area contributed by atoms with E-state index in [0.29, 0.717) is 17.7 Å². The fraction of sp³-hybridized carbons (Fsp3) is 0.174. The molecular weight excluding hydrogens is 322 g/mol. The van der Waals surface area contributed by atoms with Gasteiger partial charge in [0.15, 0.2) is 5.60 Å². The van der Waals surface area contributed by atoms with E-state index in [4.69, 9.17) is 0 Å². The van der Waals surface area contributed by atoms with Gasteiger partial charge in [0.25, 0.3) is 5.91 Å². The fourth-order valence-corrected chi connectivity index (χ4v) is 3.54. The predicted molar refractivity (Wildman–Crippen MR) is 103 cm³/mol. The van der Waals surface area contributed by atoms with E-state index >= 15 is 0 Å². The highest BCUT2D eigenvalue weighted by Gasteiger charge is 2.50. The Hall–Kier alpha value is -2.91. The van der Waals surface area contributed by atoms with E-state index in [1.807, 2.05) is 86.6 Å². The van der Waals surface area contributed by atoms with E-state index in [1.54, 1.807) is 4.90 Å². The second kappa shape index (κ2) is 6.11. The molecule has 0 bridgehead atoms. The number of nitrogens with zero attached hydrogens (tertiary/aromatic N) is 1. The van der Waals surface area contributed by atoms with Crippen molar-refractivity contribution in [3.63, 3.8) is 0 Å². The minimum Gasteiger partial charge on any atom is -0.372 e. The molecule has 3 aromatic carbocycles. The molecule has 1 unspecified atom stereocenters. The van der Waals surface area contributed by atoms with Gasteiger partial charge in [0.1, 0.15) is 0 Å². The molecule has 3 aromatic rings. The van der Waals surface area contributed by atoms with Crippen LogP contribution in [0.1, 0.15) is 27.8 Å². The van der Waals surface area contributed by atoms with Gasteiger partial charge in [0.05, 0.1) is 12.2 Å². The van der Waals surface area contributed by atoms with Crippen LogP contribution in [-0.4, -0.2) is 11.0 Å². The van der Waals surface area contributed by atoms with Gasteiger partial charge in [-0.2, -0.15) is 0 Å². The number of carbonyl (C=O) groups excluding carboxylic acids is 1. The SMILES string of the molecule is Cc1ccc(CN2C(=O)C(O)(c3ccc(C)cc3)c3ccccc32)cc1. The monoisotopic (exact) mass is 343 g/mol. The van der Waals surface area contributed by atoms with E-state index in [0.717, 1.165) is 16.8 Å². The molecule has 0 radical (unpaired) electrons. The van der Waals surface area contributed by atoms with Gasteiger partial charge in [-0.1, -0.05) is 77.9 Å². The molecule has 3 heteroatoms. The topological polar surface area (TPSA) is 40.5 Å². The van der Waals surface area contributed by atoms with Crippen molar-refractivity contribution in [2.24, 2.45) is 0 Å². The molecule has 0 aliphatic carbocycles. The number of rotatable bonds is 3. The molecule has 1 amide bonds. The lowest BCUT2D eigenvalue weighted by Gasteiger charge is -2.24. The van der Waals surface area contributed by atoms with Gasteiger partial charge in [0, 0.05) is 5.56 Å². The van der Waals surface area contributed by atoms with Crippen LogP contribution < -0.4 is 4.90 Å². The maximum atomic E-state index is 13.3. The van der Waals surface area contributed by atoms with Gasteiger partial charge < -0.3 is 10.0 Å². The number of benzene rings is 3. The number of fused-ring (bicyclic) bond motifs is 1. The van der Waals surface area contributed by atoms with E-state index in [1.165, 1.54) is 5.56 Å². The highest BCUT2D eigenvalue weighted by atomic mass is 16.3. The molecule has 4 rings (SSSR count). The highest BCUT2D eigenvalue weighted by molar-refractivity contribution is 6.09. The van der Waals surface area contributed by atoms with Gasteiger partial charge in [0.2, 0.25) is 0 Å². The zero-order valence-electron chi connectivity index (χ0n) is 14.9. The Labute approximate surface area is 153 Å². The van der Waals surface area contributed by atoms with E-state index in [2.05, 4.69) is 0 Å². The third-order valence-electron chi connectivity index (χ3n) is 5.07. The minimum atomic E-state index is -1.64. The van der Waals surface area contributed by atoms with Crippen molar-refractivity contribution in [1.29, 1.82) is 0 Å². The second-order valence-corrected chi connectivity index (χ2v) is 6.97. The van der Waals surface area contributed by atoms with Crippen LogP contribution in [0.15, 0.2) is 72.8 Å². The lowest BCUT2D eigenvalue weighted by molar-refractivity contribution is -0.132. The average molecular weight is 343 g/mol. The van der Waals surface area contributed by atoms with Crippen molar-refractivity contribution in [3.8, 4) is 0 Å². The van der Waals surface area contributed by atoms with Crippen LogP contribution in [0.5, 0.6) is 0 Å². The van der Waals surface area contributed by atoms with Crippen LogP contribution >= 0.6 is 0 Å². The summed E-state index contributed by atoms with van der Waals surface area (Å²) in [7, 11) is 0. The van der Waals surface area contributed by atoms with Crippen molar-refractivity contribution in [3.05, 3.63) is 101 Å². The number of para-hydroxylation sites is 1. The third kappa shape index (κ3) is 2.52. The molecule has 1 aliphatic heterocycles. The molecule has 1 aliphatic rings. The molecule has 0 spiro atoms. The summed E-state index contributed by atoms with van der Waals surface area (Å²) >= 11 is 0. The number of amides is 1. The molecule has 0 saturated heterocycles. The Morgan fingerprint density at radius 1 is 0.846 bits per heavy atom. The van der Waals surface area contributed by atoms with Crippen LogP contribution in [0.25, 0.3) is 0 Å². The number of carbonyl (C=O) groups is 1. The van der Waals surface area contributed by atoms with Crippen molar-refractivity contribution in [2.75, 3.05) is 4.90 Å². The Balaban J connectivity index is 1.79. The molecule has 26 heavy (non-hydrogen) atoms. The Morgan fingerprint density at radius 3 is 2.08 bits per heavy atom. The largest absolute Gasteiger partial charge is 0.372 e. The minimum absolute atomic E-state index is 0.303. The molecule has 0 fully saturated rings. The van der Waals surface area contributed by atoms with Gasteiger partial charge in [-0.3, -0.25) is 4.79 Å². The summed E-state index contributed by atoms with van der Waals surface area (Å²) in [6, 6.07) is 23.1. The number of hydrogen-bond donors (Lipinski definition) is 1. The standard InChI is InChI=1S/C23H21NO2/c1-16-7-11-18(12-8-16)15-24-21-6-4-3-5-20(21)23(26,22(24)25)19-13-9-17(2)10-14-19/h3-14,26H,15H2,1-2H3. The lowest BCUT2D eigenvalue weighted by atomic mass is 9.87. The van der Waals surface area contributed by atoms with Gasteiger partial charge >= 0.3 is 0 Å². The maximum Gasteiger partial charge on any atom is 0.268 e. The molecule has 3 nitrogen and oxygen atoms in total. The Morgan fingerprint density at radius 2 is 1.42 bits per heavy atom. The summed E-state index contributed by atoms with van der Waals surface area (Å²) < 4.78 is 0. The summed E-state index contributed by atoms with van der Waals surface area (Å²) in [6.07, 6.45) is 0. The molecular formula is C23H21NO2. The molecule has 1 atom stereocenters. The highest BCUT2D eigenvalue weighted by Crippen LogP contribution is 2.44. The molecule has 0 aromatic heterocycles. The fourth-order valence-electron chi connectivity index (χ4n) is 3.54. The summed E-state index contributed by atoms with van der Waals surface area (Å²) in [5.74, 6) is -0.303. The zero-order chi connectivity index (χ0) is 18.3. The summed E-state index contributed by atoms with van der Waals surface area (Å²) in [4.78, 5) is 15.0. The second-order valence-electron chi connectivity index (χ2n) is 6.97. The number of anilines is 1. The van der Waals surface area contributed by atoms with Crippen LogP contribution in [0.4, 0.5) is 5.69 Å². The Kier molecular flexibility index (Phi) is 3.89. The molecule has 130 valence electrons. The van der Waals surface area contributed by atoms with Crippen molar-refractivity contribution in [2.45, 2.75) is 26.0 Å². The summed E-state index contributed by atoms with van der Waals surface area (Å²) in [5.41, 5.74) is 3.67. The van der Waals surface area contributed by atoms with E-state index < -0.39 is 5.60 Å². The lowest BCUT2D eigenvalue weighted by Crippen LogP contribution is -2.40. The van der Waals surface area contributed by atoms with Crippen molar-refractivity contribution < 1.29 is 9.90 Å². The van der Waals surface area contributed by atoms with Crippen LogP contribution in [0, 0.1) is 13.8 Å². The predicted octanol–water partition coefficient (Wildman–Crippen LogP) is 4.09. The number of aryl methyl sites for hydroxylation is 2. The first kappa shape index (κ1) is 16.6. The quantitative estimate of drug-likeness (QED) is 0.778. The van der Waals surface area contributed by atoms with Crippen LogP contribution in [0.3, 0.4) is 0 Å². The maximum absolute atomic E-state index is 13.3. The molecule has 1 heterocycles. The van der Waals surface area contributed by atoms with E-state index in [9.17, 15) is 9.90 Å². The average Bonchev–Trinajstić information content (AvgIpc) is 2.87.